The highest BCUT2D eigenvalue weighted by Gasteiger charge is 2.47. The van der Waals surface area contributed by atoms with Gasteiger partial charge >= 0.3 is 18.1 Å². The van der Waals surface area contributed by atoms with Crippen LogP contribution >= 0.6 is 0 Å². The van der Waals surface area contributed by atoms with Crippen molar-refractivity contribution in [3.05, 3.63) is 0 Å². The number of alkyl halides is 3. The van der Waals surface area contributed by atoms with Crippen LogP contribution < -0.4 is 5.32 Å². The molecule has 0 bridgehead atoms. The van der Waals surface area contributed by atoms with Gasteiger partial charge in [-0.3, -0.25) is 14.4 Å². The minimum Gasteiger partial charge on any atom is -0.465 e. The fourth-order valence-corrected chi connectivity index (χ4v) is 2.36. The summed E-state index contributed by atoms with van der Waals surface area (Å²) in [5.41, 5.74) is 0. The highest BCUT2D eigenvalue weighted by Crippen LogP contribution is 2.25. The molecule has 0 aromatic carbocycles. The van der Waals surface area contributed by atoms with Crippen molar-refractivity contribution in [1.29, 1.82) is 0 Å². The first-order chi connectivity index (χ1) is 11.2. The molecule has 0 spiro atoms. The number of nitrogens with zero attached hydrogens (tertiary/aromatic N) is 1. The van der Waals surface area contributed by atoms with E-state index in [4.69, 9.17) is 4.74 Å². The van der Waals surface area contributed by atoms with Crippen molar-refractivity contribution in [3.8, 4) is 0 Å². The number of amides is 2. The molecule has 1 unspecified atom stereocenters. The molecule has 0 radical (unpaired) electrons. The van der Waals surface area contributed by atoms with Crippen molar-refractivity contribution < 1.29 is 32.3 Å². The number of carbonyl (C=O) groups excluding carboxylic acids is 3. The second kappa shape index (κ2) is 8.89. The standard InChI is InChI=1S/C15H23F3N2O4/c1-3-4-8-24-13(22)10(2)9-19-12(21)11-6-5-7-20(11)14(23)15(16,17)18/h10-11H,3-9H2,1-2H3,(H,19,21)/t10?,11-/m0/s1. The maximum Gasteiger partial charge on any atom is 0.471 e. The van der Waals surface area contributed by atoms with Crippen LogP contribution in [0.2, 0.25) is 0 Å². The van der Waals surface area contributed by atoms with Crippen molar-refractivity contribution in [2.45, 2.75) is 51.7 Å². The van der Waals surface area contributed by atoms with Gasteiger partial charge in [0, 0.05) is 13.1 Å². The lowest BCUT2D eigenvalue weighted by atomic mass is 10.1. The Morgan fingerprint density at radius 3 is 2.58 bits per heavy atom. The van der Waals surface area contributed by atoms with E-state index >= 15 is 0 Å². The van der Waals surface area contributed by atoms with Crippen LogP contribution in [0.3, 0.4) is 0 Å². The summed E-state index contributed by atoms with van der Waals surface area (Å²) in [6.07, 6.45) is -2.89. The van der Waals surface area contributed by atoms with Crippen LogP contribution in [0.1, 0.15) is 39.5 Å². The molecule has 0 saturated carbocycles. The van der Waals surface area contributed by atoms with Gasteiger partial charge in [-0.1, -0.05) is 20.3 Å². The zero-order valence-electron chi connectivity index (χ0n) is 13.8. The molecule has 6 nitrogen and oxygen atoms in total. The Morgan fingerprint density at radius 2 is 2.00 bits per heavy atom. The Hall–Kier alpha value is -1.80. The third-order valence-electron chi connectivity index (χ3n) is 3.79. The minimum absolute atomic E-state index is 0.0473. The van der Waals surface area contributed by atoms with E-state index in [-0.39, 0.29) is 19.5 Å². The number of ether oxygens (including phenoxy) is 1. The predicted molar refractivity (Wildman–Crippen MR) is 78.8 cm³/mol. The lowest BCUT2D eigenvalue weighted by Gasteiger charge is -2.25. The largest absolute Gasteiger partial charge is 0.471 e. The molecule has 1 rings (SSSR count). The number of esters is 1. The summed E-state index contributed by atoms with van der Waals surface area (Å²) in [5, 5.41) is 2.43. The van der Waals surface area contributed by atoms with Crippen molar-refractivity contribution >= 4 is 17.8 Å². The van der Waals surface area contributed by atoms with E-state index in [9.17, 15) is 27.6 Å². The van der Waals surface area contributed by atoms with E-state index in [0.717, 1.165) is 12.8 Å². The maximum absolute atomic E-state index is 12.5. The first-order valence-corrected chi connectivity index (χ1v) is 8.00. The molecule has 1 saturated heterocycles. The molecule has 2 amide bonds. The summed E-state index contributed by atoms with van der Waals surface area (Å²) in [7, 11) is 0. The normalized spacial score (nSPS) is 19.0. The van der Waals surface area contributed by atoms with Gasteiger partial charge in [0.1, 0.15) is 6.04 Å². The van der Waals surface area contributed by atoms with Crippen molar-refractivity contribution in [2.24, 2.45) is 5.92 Å². The number of unbranched alkanes of at least 4 members (excludes halogenated alkanes) is 1. The predicted octanol–water partition coefficient (Wildman–Crippen LogP) is 1.64. The zero-order valence-corrected chi connectivity index (χ0v) is 13.8. The van der Waals surface area contributed by atoms with Crippen LogP contribution in [-0.2, 0) is 19.1 Å². The number of rotatable bonds is 7. The summed E-state index contributed by atoms with van der Waals surface area (Å²) < 4.78 is 42.6. The summed E-state index contributed by atoms with van der Waals surface area (Å²) in [4.78, 5) is 35.6. The minimum atomic E-state index is -5.00. The van der Waals surface area contributed by atoms with E-state index in [0.29, 0.717) is 17.9 Å². The van der Waals surface area contributed by atoms with Crippen LogP contribution in [0.25, 0.3) is 0 Å². The maximum atomic E-state index is 12.5. The lowest BCUT2D eigenvalue weighted by Crippen LogP contribution is -2.50. The van der Waals surface area contributed by atoms with Crippen LogP contribution in [0.4, 0.5) is 13.2 Å². The first-order valence-electron chi connectivity index (χ1n) is 8.00. The van der Waals surface area contributed by atoms with E-state index < -0.39 is 35.9 Å². The van der Waals surface area contributed by atoms with Crippen LogP contribution in [-0.4, -0.2) is 54.6 Å². The van der Waals surface area contributed by atoms with E-state index in [1.807, 2.05) is 6.92 Å². The molecular formula is C15H23F3N2O4. The molecule has 0 aromatic heterocycles. The van der Waals surface area contributed by atoms with Crippen LogP contribution in [0.15, 0.2) is 0 Å². The molecule has 138 valence electrons. The summed E-state index contributed by atoms with van der Waals surface area (Å²) in [5.74, 6) is -3.78. The van der Waals surface area contributed by atoms with E-state index in [1.54, 1.807) is 6.92 Å². The van der Waals surface area contributed by atoms with Gasteiger partial charge in [-0.05, 0) is 19.3 Å². The SMILES string of the molecule is CCCCOC(=O)C(C)CNC(=O)[C@@H]1CCCN1C(=O)C(F)(F)F. The molecule has 1 aliphatic rings. The number of nitrogens with one attached hydrogen (secondary N) is 1. The Kier molecular flexibility index (Phi) is 7.50. The molecule has 1 heterocycles. The van der Waals surface area contributed by atoms with Crippen molar-refractivity contribution in [1.82, 2.24) is 10.2 Å². The molecule has 0 aliphatic carbocycles. The summed E-state index contributed by atoms with van der Waals surface area (Å²) in [6.45, 7) is 3.65. The number of hydrogen-bond donors (Lipinski definition) is 1. The van der Waals surface area contributed by atoms with Gasteiger partial charge in [-0.2, -0.15) is 13.2 Å². The van der Waals surface area contributed by atoms with Gasteiger partial charge in [0.2, 0.25) is 5.91 Å². The average Bonchev–Trinajstić information content (AvgIpc) is 3.00. The van der Waals surface area contributed by atoms with Gasteiger partial charge in [0.25, 0.3) is 0 Å². The second-order valence-corrected chi connectivity index (χ2v) is 5.82. The molecule has 1 fully saturated rings. The Bertz CT molecular complexity index is 468. The van der Waals surface area contributed by atoms with Gasteiger partial charge < -0.3 is 15.0 Å². The summed E-state index contributed by atoms with van der Waals surface area (Å²) in [6, 6.07) is -1.15. The van der Waals surface area contributed by atoms with Gasteiger partial charge in [0.05, 0.1) is 12.5 Å². The third-order valence-corrected chi connectivity index (χ3v) is 3.79. The molecule has 0 aromatic rings. The number of halogens is 3. The Morgan fingerprint density at radius 1 is 1.33 bits per heavy atom. The smallest absolute Gasteiger partial charge is 0.465 e. The quantitative estimate of drug-likeness (QED) is 0.558. The monoisotopic (exact) mass is 352 g/mol. The molecule has 9 heteroatoms. The summed E-state index contributed by atoms with van der Waals surface area (Å²) >= 11 is 0. The zero-order chi connectivity index (χ0) is 18.3. The highest BCUT2D eigenvalue weighted by atomic mass is 19.4. The highest BCUT2D eigenvalue weighted by molar-refractivity contribution is 5.90. The molecule has 2 atom stereocenters. The van der Waals surface area contributed by atoms with Crippen molar-refractivity contribution in [3.63, 3.8) is 0 Å². The van der Waals surface area contributed by atoms with Gasteiger partial charge in [-0.25, -0.2) is 0 Å². The number of hydrogen-bond acceptors (Lipinski definition) is 4. The Labute approximate surface area is 138 Å². The van der Waals surface area contributed by atoms with Crippen LogP contribution in [0, 0.1) is 5.92 Å². The van der Waals surface area contributed by atoms with E-state index in [2.05, 4.69) is 5.32 Å². The third kappa shape index (κ3) is 5.68. The Balaban J connectivity index is 2.49. The molecular weight excluding hydrogens is 329 g/mol. The topological polar surface area (TPSA) is 75.7 Å². The fourth-order valence-electron chi connectivity index (χ4n) is 2.36. The number of carbonyl (C=O) groups is 3. The average molecular weight is 352 g/mol. The van der Waals surface area contributed by atoms with E-state index in [1.165, 1.54) is 0 Å². The number of likely N-dealkylation sites (tertiary alicyclic amines) is 1. The van der Waals surface area contributed by atoms with Gasteiger partial charge in [0.15, 0.2) is 0 Å². The molecule has 1 aliphatic heterocycles. The van der Waals surface area contributed by atoms with Gasteiger partial charge in [-0.15, -0.1) is 0 Å². The van der Waals surface area contributed by atoms with Crippen LogP contribution in [0.5, 0.6) is 0 Å². The molecule has 24 heavy (non-hydrogen) atoms. The molecule has 1 N–H and O–H groups in total. The lowest BCUT2D eigenvalue weighted by molar-refractivity contribution is -0.186. The fraction of sp³-hybridized carbons (Fsp3) is 0.800. The second-order valence-electron chi connectivity index (χ2n) is 5.82. The first kappa shape index (κ1) is 20.2. The van der Waals surface area contributed by atoms with Crippen molar-refractivity contribution in [2.75, 3.05) is 19.7 Å².